The van der Waals surface area contributed by atoms with Gasteiger partial charge in [-0.2, -0.15) is 0 Å². The van der Waals surface area contributed by atoms with Gasteiger partial charge in [0.15, 0.2) is 35.6 Å². The van der Waals surface area contributed by atoms with Crippen molar-refractivity contribution in [2.45, 2.75) is 56.9 Å². The van der Waals surface area contributed by atoms with Crippen LogP contribution in [-0.2, 0) is 39.6 Å². The molecule has 5 heterocycles. The topological polar surface area (TPSA) is 187 Å². The summed E-state index contributed by atoms with van der Waals surface area (Å²) >= 11 is 5.77. The molecule has 2 aliphatic rings. The number of alkyl halides is 1. The van der Waals surface area contributed by atoms with Crippen molar-refractivity contribution in [1.29, 1.82) is 0 Å². The van der Waals surface area contributed by atoms with Gasteiger partial charge in [0.05, 0.1) is 25.1 Å². The molecule has 1 amide bonds. The number of hydrogen-bond acceptors (Lipinski definition) is 13. The minimum Gasteiger partial charge on any atom is -0.374 e. The Labute approximate surface area is 296 Å². The summed E-state index contributed by atoms with van der Waals surface area (Å²) in [6.07, 6.45) is -3.88. The number of aromatic amines is 1. The van der Waals surface area contributed by atoms with Gasteiger partial charge in [-0.3, -0.25) is 28.2 Å². The zero-order chi connectivity index (χ0) is 37.0. The lowest BCUT2D eigenvalue weighted by Gasteiger charge is -2.29. The molecule has 3 aromatic heterocycles. The summed E-state index contributed by atoms with van der Waals surface area (Å²) in [4.78, 5) is 55.1. The molecule has 0 saturated carbocycles. The first kappa shape index (κ1) is 35.2. The maximum Gasteiger partial charge on any atom is 0.330 e. The van der Waals surface area contributed by atoms with Gasteiger partial charge in [-0.25, -0.2) is 30.7 Å². The molecule has 2 aliphatic heterocycles. The van der Waals surface area contributed by atoms with Crippen LogP contribution >= 0.6 is 6.72 Å². The van der Waals surface area contributed by atoms with E-state index in [9.17, 15) is 14.4 Å². The number of imidazole rings is 1. The van der Waals surface area contributed by atoms with Crippen LogP contribution in [0.25, 0.3) is 16.0 Å². The van der Waals surface area contributed by atoms with Crippen LogP contribution in [0.15, 0.2) is 64.8 Å². The Hall–Kier alpha value is -4.25. The highest BCUT2D eigenvalue weighted by Gasteiger charge is 2.49. The number of hydrogen-bond donors (Lipinski definition) is 2. The number of rotatable bonds is 13. The second-order valence-electron chi connectivity index (χ2n) is 11.5. The molecule has 20 heteroatoms. The third-order valence-electron chi connectivity index (χ3n) is 8.36. The minimum atomic E-state index is -3.78. The summed E-state index contributed by atoms with van der Waals surface area (Å²) in [6, 6.07) is 9.67. The number of amides is 1. The Morgan fingerprint density at radius 3 is 2.69 bits per heavy atom. The van der Waals surface area contributed by atoms with E-state index in [0.29, 0.717) is 11.2 Å². The molecular formula is C31H34FN8O9PS. The van der Waals surface area contributed by atoms with E-state index >= 15 is 4.39 Å². The van der Waals surface area contributed by atoms with Crippen molar-refractivity contribution in [2.75, 3.05) is 32.2 Å². The first-order valence-corrected chi connectivity index (χ1v) is 18.2. The Balaban J connectivity index is 1.21. The summed E-state index contributed by atoms with van der Waals surface area (Å²) in [5, 5.41) is 2.75. The van der Waals surface area contributed by atoms with Gasteiger partial charge in [0.1, 0.15) is 25.1 Å². The van der Waals surface area contributed by atoms with E-state index in [1.165, 1.54) is 19.8 Å². The Morgan fingerprint density at radius 2 is 1.96 bits per heavy atom. The lowest BCUT2D eigenvalue weighted by atomic mass is 10.0. The van der Waals surface area contributed by atoms with Crippen LogP contribution in [0.2, 0.25) is 0 Å². The summed E-state index contributed by atoms with van der Waals surface area (Å²) in [6.45, 7) is 4.15. The molecule has 6 rings (SSSR count). The van der Waals surface area contributed by atoms with Crippen molar-refractivity contribution >= 4 is 41.4 Å². The molecule has 17 nitrogen and oxygen atoms in total. The van der Waals surface area contributed by atoms with Gasteiger partial charge in [-0.05, 0) is 30.8 Å². The lowest BCUT2D eigenvalue weighted by molar-refractivity contribution is -0.0505. The number of anilines is 1. The van der Waals surface area contributed by atoms with Crippen LogP contribution in [0, 0.1) is 12.5 Å². The standard InChI is InChI=1S/C31H34FN8O9PS/c1-17-20(48-29(22(17)32)39-12-10-21(41)37-31(39)43)14-46-50(51,45-13-11-33-3)49-24-18(2)47-30(25(24)44-4)40-16-36-23-26(34-15-35-27(23)40)38-28(42)19-8-6-5-7-9-19/h5-10,12,15-18,20,22,24-25,29-30H,11,13-14H2,1-2,4H3,(H,37,41,43)(H,34,35,38,42)/t17?,18-,20-,22+,24?,25+,29-,30-,50?/m1/s1/i2D. The molecule has 51 heavy (non-hydrogen) atoms. The van der Waals surface area contributed by atoms with Gasteiger partial charge in [0, 0.05) is 32.2 Å². The van der Waals surface area contributed by atoms with Crippen molar-refractivity contribution < 1.29 is 38.3 Å². The lowest BCUT2D eigenvalue weighted by Crippen LogP contribution is -2.35. The molecule has 270 valence electrons. The Kier molecular flexibility index (Phi) is 10.7. The van der Waals surface area contributed by atoms with Gasteiger partial charge >= 0.3 is 12.4 Å². The molecule has 0 aliphatic carbocycles. The summed E-state index contributed by atoms with van der Waals surface area (Å²) in [5.41, 5.74) is -0.486. The molecule has 2 saturated heterocycles. The molecular weight excluding hydrogens is 710 g/mol. The van der Waals surface area contributed by atoms with Gasteiger partial charge in [0.2, 0.25) is 6.54 Å². The molecule has 1 aromatic carbocycles. The maximum absolute atomic E-state index is 15.4. The zero-order valence-electron chi connectivity index (χ0n) is 28.2. The summed E-state index contributed by atoms with van der Waals surface area (Å²) < 4.78 is 62.3. The van der Waals surface area contributed by atoms with E-state index in [0.717, 1.165) is 16.8 Å². The second kappa shape index (κ2) is 15.6. The Morgan fingerprint density at radius 1 is 1.16 bits per heavy atom. The average Bonchev–Trinajstić information content (AvgIpc) is 3.81. The highest BCUT2D eigenvalue weighted by atomic mass is 32.5. The first-order chi connectivity index (χ1) is 25.1. The fraction of sp³-hybridized carbons (Fsp3) is 0.452. The number of H-pyrrole nitrogens is 1. The SMILES string of the molecule is [2H]C[C@H]1O[C@@H](n2cnc3c(NC(=O)c4ccccc4)ncnc32)[C@@H](OC)C1OP(=S)(OCC[N+]#[C-])OC[C@H]1O[C@@H](n2ccc(=O)[nH]c2=O)[C@@H](F)C1C. The predicted octanol–water partition coefficient (Wildman–Crippen LogP) is 2.99. The molecule has 2 N–H and O–H groups in total. The third kappa shape index (κ3) is 7.68. The van der Waals surface area contributed by atoms with Crippen LogP contribution in [0.4, 0.5) is 10.2 Å². The molecule has 0 bridgehead atoms. The number of carbonyl (C=O) groups excluding carboxylic acids is 1. The smallest absolute Gasteiger partial charge is 0.330 e. The van der Waals surface area contributed by atoms with Gasteiger partial charge in [-0.15, -0.1) is 0 Å². The molecule has 0 spiro atoms. The van der Waals surface area contributed by atoms with Crippen LogP contribution in [0.3, 0.4) is 0 Å². The van der Waals surface area contributed by atoms with E-state index in [2.05, 4.69) is 30.1 Å². The number of nitrogens with one attached hydrogen (secondary N) is 2. The Bertz CT molecular complexity index is 2100. The fourth-order valence-corrected chi connectivity index (χ4v) is 7.79. The second-order valence-corrected chi connectivity index (χ2v) is 14.5. The van der Waals surface area contributed by atoms with Gasteiger partial charge in [-0.1, -0.05) is 25.1 Å². The number of halogens is 1. The van der Waals surface area contributed by atoms with Crippen LogP contribution in [0.1, 0.15) is 38.0 Å². The van der Waals surface area contributed by atoms with E-state index < -0.39 is 72.8 Å². The third-order valence-corrected chi connectivity index (χ3v) is 10.7. The number of fused-ring (bicyclic) bond motifs is 1. The van der Waals surface area contributed by atoms with Crippen LogP contribution in [0.5, 0.6) is 0 Å². The molecule has 3 unspecified atom stereocenters. The summed E-state index contributed by atoms with van der Waals surface area (Å²) in [5.74, 6) is -1.01. The number of aromatic nitrogens is 6. The zero-order valence-corrected chi connectivity index (χ0v) is 28.9. The summed E-state index contributed by atoms with van der Waals surface area (Å²) in [7, 11) is 1.42. The van der Waals surface area contributed by atoms with E-state index in [-0.39, 0.29) is 38.0 Å². The number of ether oxygens (including phenoxy) is 3. The number of benzene rings is 1. The van der Waals surface area contributed by atoms with Crippen LogP contribution in [-0.4, -0.2) is 92.4 Å². The highest BCUT2D eigenvalue weighted by Crippen LogP contribution is 2.54. The maximum atomic E-state index is 15.4. The normalized spacial score (nSPS) is 27.5. The molecule has 0 radical (unpaired) electrons. The van der Waals surface area contributed by atoms with Crippen molar-refractivity contribution in [3.05, 3.63) is 93.1 Å². The fourth-order valence-electron chi connectivity index (χ4n) is 5.70. The van der Waals surface area contributed by atoms with Gasteiger partial charge in [0.25, 0.3) is 11.5 Å². The van der Waals surface area contributed by atoms with Crippen molar-refractivity contribution in [1.82, 2.24) is 29.1 Å². The van der Waals surface area contributed by atoms with Crippen LogP contribution < -0.4 is 16.6 Å². The van der Waals surface area contributed by atoms with Crippen molar-refractivity contribution in [2.24, 2.45) is 5.92 Å². The largest absolute Gasteiger partial charge is 0.374 e. The quantitative estimate of drug-likeness (QED) is 0.116. The first-order valence-electron chi connectivity index (χ1n) is 16.3. The number of nitrogens with zero attached hydrogens (tertiary/aromatic N) is 6. The molecule has 2 fully saturated rings. The highest BCUT2D eigenvalue weighted by molar-refractivity contribution is 8.07. The number of carbonyl (C=O) groups is 1. The minimum absolute atomic E-state index is 0.0611. The van der Waals surface area contributed by atoms with E-state index in [1.807, 2.05) is 0 Å². The predicted molar refractivity (Wildman–Crippen MR) is 182 cm³/mol. The molecule has 9 atom stereocenters. The molecule has 4 aromatic rings. The monoisotopic (exact) mass is 745 g/mol. The van der Waals surface area contributed by atoms with Crippen molar-refractivity contribution in [3.63, 3.8) is 0 Å². The van der Waals surface area contributed by atoms with E-state index in [1.54, 1.807) is 41.8 Å². The van der Waals surface area contributed by atoms with Gasteiger partial charge < -0.3 is 33.4 Å². The van der Waals surface area contributed by atoms with Crippen molar-refractivity contribution in [3.8, 4) is 0 Å². The average molecular weight is 746 g/mol. The number of methoxy groups -OCH3 is 1. The van der Waals surface area contributed by atoms with E-state index in [4.69, 9.17) is 47.5 Å².